The second-order valence-electron chi connectivity index (χ2n) is 7.41. The Balaban J connectivity index is 1.91. The molecule has 104 valence electrons. The lowest BCUT2D eigenvalue weighted by atomic mass is 9.50. The summed E-state index contributed by atoms with van der Waals surface area (Å²) in [5.41, 5.74) is 5.81. The van der Waals surface area contributed by atoms with Gasteiger partial charge in [0.15, 0.2) is 0 Å². The van der Waals surface area contributed by atoms with Crippen molar-refractivity contribution >= 4 is 0 Å². The highest BCUT2D eigenvalue weighted by molar-refractivity contribution is 5.12. The summed E-state index contributed by atoms with van der Waals surface area (Å²) in [6, 6.07) is 0. The van der Waals surface area contributed by atoms with E-state index in [2.05, 4.69) is 6.92 Å². The normalized spacial score (nSPS) is 38.5. The van der Waals surface area contributed by atoms with E-state index in [-0.39, 0.29) is 5.41 Å². The molecule has 0 aliphatic heterocycles. The summed E-state index contributed by atoms with van der Waals surface area (Å²) in [6.07, 6.45) is 11.2. The van der Waals surface area contributed by atoms with E-state index in [0.29, 0.717) is 18.4 Å². The Labute approximate surface area is 111 Å². The van der Waals surface area contributed by atoms with Crippen LogP contribution in [0, 0.1) is 23.2 Å². The van der Waals surface area contributed by atoms with Crippen molar-refractivity contribution in [3.63, 3.8) is 0 Å². The first kappa shape index (κ1) is 12.9. The number of hydrogen-bond donors (Lipinski definition) is 2. The highest BCUT2D eigenvalue weighted by Crippen LogP contribution is 2.60. The zero-order valence-corrected chi connectivity index (χ0v) is 11.8. The molecule has 3 N–H and O–H groups in total. The van der Waals surface area contributed by atoms with E-state index >= 15 is 0 Å². The average molecular weight is 251 g/mol. The molecule has 18 heavy (non-hydrogen) atoms. The maximum atomic E-state index is 11.6. The molecule has 2 nitrogen and oxygen atoms in total. The Morgan fingerprint density at radius 2 is 1.67 bits per heavy atom. The van der Waals surface area contributed by atoms with E-state index in [1.54, 1.807) is 0 Å². The summed E-state index contributed by atoms with van der Waals surface area (Å²) in [5, 5.41) is 11.6. The third kappa shape index (κ3) is 1.61. The van der Waals surface area contributed by atoms with Crippen LogP contribution in [0.25, 0.3) is 0 Å². The third-order valence-corrected chi connectivity index (χ3v) is 6.55. The topological polar surface area (TPSA) is 46.2 Å². The minimum absolute atomic E-state index is 0.0442. The zero-order valence-electron chi connectivity index (χ0n) is 11.8. The molecule has 3 saturated carbocycles. The maximum absolute atomic E-state index is 11.6. The van der Waals surface area contributed by atoms with Crippen molar-refractivity contribution in [1.29, 1.82) is 0 Å². The molecule has 3 aliphatic rings. The summed E-state index contributed by atoms with van der Waals surface area (Å²) in [7, 11) is 0. The van der Waals surface area contributed by atoms with Gasteiger partial charge in [0, 0.05) is 12.0 Å². The molecule has 0 aromatic heterocycles. The lowest BCUT2D eigenvalue weighted by Gasteiger charge is -2.58. The summed E-state index contributed by atoms with van der Waals surface area (Å²) in [5.74, 6) is 1.86. The Bertz CT molecular complexity index is 294. The molecule has 0 saturated heterocycles. The quantitative estimate of drug-likeness (QED) is 0.806. The summed E-state index contributed by atoms with van der Waals surface area (Å²) >= 11 is 0. The monoisotopic (exact) mass is 251 g/mol. The average Bonchev–Trinajstić information content (AvgIpc) is 2.56. The van der Waals surface area contributed by atoms with Gasteiger partial charge in [-0.2, -0.15) is 0 Å². The Hall–Kier alpha value is -0.0800. The Kier molecular flexibility index (Phi) is 3.22. The number of rotatable bonds is 4. The van der Waals surface area contributed by atoms with E-state index in [4.69, 9.17) is 5.73 Å². The molecule has 2 unspecified atom stereocenters. The van der Waals surface area contributed by atoms with Crippen molar-refractivity contribution in [1.82, 2.24) is 0 Å². The molecule has 3 fully saturated rings. The molecular formula is C16H29NO. The van der Waals surface area contributed by atoms with E-state index < -0.39 is 5.60 Å². The predicted octanol–water partition coefficient (Wildman–Crippen LogP) is 3.08. The summed E-state index contributed by atoms with van der Waals surface area (Å²) in [6.45, 7) is 3.03. The van der Waals surface area contributed by atoms with Crippen molar-refractivity contribution in [3.05, 3.63) is 0 Å². The van der Waals surface area contributed by atoms with Gasteiger partial charge < -0.3 is 10.8 Å². The molecule has 0 radical (unpaired) electrons. The van der Waals surface area contributed by atoms with Crippen LogP contribution < -0.4 is 5.73 Å². The van der Waals surface area contributed by atoms with E-state index in [1.165, 1.54) is 44.9 Å². The van der Waals surface area contributed by atoms with Gasteiger partial charge in [-0.3, -0.25) is 0 Å². The van der Waals surface area contributed by atoms with Crippen LogP contribution in [0.5, 0.6) is 0 Å². The van der Waals surface area contributed by atoms with Gasteiger partial charge in [-0.25, -0.2) is 0 Å². The van der Waals surface area contributed by atoms with E-state index in [0.717, 1.165) is 18.8 Å². The molecule has 0 amide bonds. The van der Waals surface area contributed by atoms with Gasteiger partial charge in [-0.05, 0) is 56.3 Å². The predicted molar refractivity (Wildman–Crippen MR) is 74.1 cm³/mol. The van der Waals surface area contributed by atoms with Crippen LogP contribution >= 0.6 is 0 Å². The first-order chi connectivity index (χ1) is 8.62. The van der Waals surface area contributed by atoms with E-state index in [9.17, 15) is 5.11 Å². The molecule has 2 heteroatoms. The fraction of sp³-hybridized carbons (Fsp3) is 1.00. The Morgan fingerprint density at radius 1 is 1.11 bits per heavy atom. The lowest BCUT2D eigenvalue weighted by molar-refractivity contribution is -0.197. The van der Waals surface area contributed by atoms with E-state index in [1.807, 2.05) is 0 Å². The van der Waals surface area contributed by atoms with Crippen molar-refractivity contribution in [2.45, 2.75) is 70.3 Å². The minimum atomic E-state index is -0.428. The second kappa shape index (κ2) is 4.49. The van der Waals surface area contributed by atoms with Crippen LogP contribution in [0.3, 0.4) is 0 Å². The molecule has 3 rings (SSSR count). The van der Waals surface area contributed by atoms with Crippen LogP contribution in [0.4, 0.5) is 0 Å². The molecule has 0 bridgehead atoms. The van der Waals surface area contributed by atoms with Crippen LogP contribution in [0.2, 0.25) is 0 Å². The lowest BCUT2D eigenvalue weighted by Crippen LogP contribution is -2.63. The largest absolute Gasteiger partial charge is 0.389 e. The van der Waals surface area contributed by atoms with Crippen molar-refractivity contribution in [2.24, 2.45) is 28.9 Å². The number of hydrogen-bond acceptors (Lipinski definition) is 2. The van der Waals surface area contributed by atoms with Gasteiger partial charge in [0.2, 0.25) is 0 Å². The van der Waals surface area contributed by atoms with Crippen LogP contribution in [0.1, 0.15) is 64.7 Å². The molecular weight excluding hydrogens is 222 g/mol. The third-order valence-electron chi connectivity index (χ3n) is 6.55. The maximum Gasteiger partial charge on any atom is 0.0771 e. The van der Waals surface area contributed by atoms with Crippen LogP contribution in [0.15, 0.2) is 0 Å². The van der Waals surface area contributed by atoms with Crippen molar-refractivity contribution in [3.8, 4) is 0 Å². The fourth-order valence-corrected chi connectivity index (χ4v) is 5.00. The van der Waals surface area contributed by atoms with Gasteiger partial charge >= 0.3 is 0 Å². The van der Waals surface area contributed by atoms with Crippen molar-refractivity contribution in [2.75, 3.05) is 6.54 Å². The highest BCUT2D eigenvalue weighted by Gasteiger charge is 2.61. The van der Waals surface area contributed by atoms with Gasteiger partial charge in [0.05, 0.1) is 5.60 Å². The molecule has 0 aromatic rings. The van der Waals surface area contributed by atoms with Gasteiger partial charge in [0.25, 0.3) is 0 Å². The molecule has 0 heterocycles. The van der Waals surface area contributed by atoms with Crippen LogP contribution in [-0.2, 0) is 0 Å². The first-order valence-corrected chi connectivity index (χ1v) is 8.05. The number of nitrogens with two attached hydrogens (primary N) is 1. The second-order valence-corrected chi connectivity index (χ2v) is 7.41. The molecule has 3 aliphatic carbocycles. The molecule has 0 spiro atoms. The molecule has 2 atom stereocenters. The SMILES string of the molecule is CC1CCC(CN)(C(O)(C2CCC2)C2CCC2)C1. The van der Waals surface area contributed by atoms with Crippen molar-refractivity contribution < 1.29 is 5.11 Å². The zero-order chi connectivity index (χ0) is 12.8. The number of aliphatic hydroxyl groups is 1. The van der Waals surface area contributed by atoms with Crippen LogP contribution in [-0.4, -0.2) is 17.3 Å². The fourth-order valence-electron chi connectivity index (χ4n) is 5.00. The smallest absolute Gasteiger partial charge is 0.0771 e. The Morgan fingerprint density at radius 3 is 1.94 bits per heavy atom. The standard InChI is InChI=1S/C16H29NO/c1-12-8-9-15(10-12,11-17)16(18,13-4-2-5-13)14-6-3-7-14/h12-14,18H,2-11,17H2,1H3. The first-order valence-electron chi connectivity index (χ1n) is 8.05. The van der Waals surface area contributed by atoms with Gasteiger partial charge in [0.1, 0.15) is 0 Å². The van der Waals surface area contributed by atoms with Gasteiger partial charge in [-0.1, -0.05) is 26.2 Å². The summed E-state index contributed by atoms with van der Waals surface area (Å²) < 4.78 is 0. The summed E-state index contributed by atoms with van der Waals surface area (Å²) in [4.78, 5) is 0. The highest BCUT2D eigenvalue weighted by atomic mass is 16.3. The van der Waals surface area contributed by atoms with Gasteiger partial charge in [-0.15, -0.1) is 0 Å². The molecule has 0 aromatic carbocycles. The minimum Gasteiger partial charge on any atom is -0.389 e.